The summed E-state index contributed by atoms with van der Waals surface area (Å²) in [6.45, 7) is 9.24. The normalized spacial score (nSPS) is 12.5. The summed E-state index contributed by atoms with van der Waals surface area (Å²) < 4.78 is 0. The van der Waals surface area contributed by atoms with E-state index in [1.165, 1.54) is 94.6 Å². The second-order valence-corrected chi connectivity index (χ2v) is 19.8. The smallest absolute Gasteiger partial charge is 0.0728 e. The Hall–Kier alpha value is -8.98. The lowest BCUT2D eigenvalue weighted by molar-refractivity contribution is 0.783. The predicted octanol–water partition coefficient (Wildman–Crippen LogP) is 19.2. The Morgan fingerprint density at radius 3 is 1.12 bits per heavy atom. The minimum atomic E-state index is -0.491. The van der Waals surface area contributed by atoms with Crippen molar-refractivity contribution in [2.45, 2.75) is 33.1 Å². The molecule has 0 bridgehead atoms. The fourth-order valence-corrected chi connectivity index (χ4v) is 12.1. The van der Waals surface area contributed by atoms with Crippen molar-refractivity contribution in [1.82, 2.24) is 0 Å². The van der Waals surface area contributed by atoms with Crippen LogP contribution in [0.25, 0.3) is 55.6 Å². The first kappa shape index (κ1) is 44.0. The van der Waals surface area contributed by atoms with E-state index >= 15 is 0 Å². The van der Waals surface area contributed by atoms with Crippen molar-refractivity contribution in [2.24, 2.45) is 0 Å². The maximum atomic E-state index is 2.51. The average molecular weight is 935 g/mol. The zero-order valence-electron chi connectivity index (χ0n) is 41.6. The van der Waals surface area contributed by atoms with Crippen molar-refractivity contribution in [3.8, 4) is 55.6 Å². The highest BCUT2D eigenvalue weighted by Crippen LogP contribution is 2.65. The fourth-order valence-electron chi connectivity index (χ4n) is 12.1. The molecule has 0 unspecified atom stereocenters. The SMILES string of the molecule is Cc1cc2c(cc1C)C1(c3ccccc3-c3ccccc31)c1c(C)c(C)cc(-c3cc(N(c4ccccc4)c4ccc(-c5ccccc5)cc4)cc(N(c4ccccc4)c4ccc(-c5ccccc5)cc4)c3)c1-2. The van der Waals surface area contributed by atoms with E-state index in [-0.39, 0.29) is 0 Å². The van der Waals surface area contributed by atoms with Crippen LogP contribution in [0.2, 0.25) is 0 Å². The molecule has 2 aliphatic rings. The molecule has 2 aliphatic carbocycles. The van der Waals surface area contributed by atoms with Gasteiger partial charge in [0, 0.05) is 34.1 Å². The number of para-hydroxylation sites is 2. The van der Waals surface area contributed by atoms with Crippen LogP contribution >= 0.6 is 0 Å². The molecular weight excluding hydrogens is 881 g/mol. The molecule has 1 spiro atoms. The lowest BCUT2D eigenvalue weighted by Crippen LogP contribution is -2.27. The van der Waals surface area contributed by atoms with Crippen LogP contribution in [0.1, 0.15) is 44.5 Å². The van der Waals surface area contributed by atoms with E-state index in [0.717, 1.165) is 39.7 Å². The highest BCUT2D eigenvalue weighted by molar-refractivity contribution is 6.02. The standard InChI is InChI=1S/C71H54N2/c1-47-41-65-68(43-48(47)2)71(66-31-19-17-29-62(66)63-30-18-20-32-67(63)71)70-50(4)49(3)42-64(69(65)70)55-44-60(72(56-25-13-7-14-26-56)58-37-33-53(34-38-58)51-21-9-5-10-22-51)46-61(45-55)73(57-27-15-8-16-28-57)59-39-35-54(36-40-59)52-23-11-6-12-24-52/h5-46H,1-4H3. The van der Waals surface area contributed by atoms with Crippen LogP contribution in [0.5, 0.6) is 0 Å². The number of anilines is 6. The van der Waals surface area contributed by atoms with Crippen LogP contribution in [0.3, 0.4) is 0 Å². The Balaban J connectivity index is 1.11. The third kappa shape index (κ3) is 7.16. The average Bonchev–Trinajstić information content (AvgIpc) is 3.92. The van der Waals surface area contributed by atoms with Gasteiger partial charge in [-0.2, -0.15) is 0 Å². The summed E-state index contributed by atoms with van der Waals surface area (Å²) >= 11 is 0. The van der Waals surface area contributed by atoms with E-state index in [9.17, 15) is 0 Å². The van der Waals surface area contributed by atoms with E-state index in [2.05, 4.69) is 292 Å². The molecule has 348 valence electrons. The van der Waals surface area contributed by atoms with Gasteiger partial charge in [0.05, 0.1) is 5.41 Å². The molecule has 11 aromatic carbocycles. The van der Waals surface area contributed by atoms with Crippen LogP contribution in [0, 0.1) is 27.7 Å². The van der Waals surface area contributed by atoms with Crippen molar-refractivity contribution < 1.29 is 0 Å². The number of fused-ring (bicyclic) bond motifs is 10. The van der Waals surface area contributed by atoms with Crippen molar-refractivity contribution in [3.05, 3.63) is 299 Å². The molecule has 0 aliphatic heterocycles. The van der Waals surface area contributed by atoms with Gasteiger partial charge in [-0.05, 0) is 195 Å². The van der Waals surface area contributed by atoms with Gasteiger partial charge in [-0.15, -0.1) is 0 Å². The van der Waals surface area contributed by atoms with E-state index in [1.54, 1.807) is 0 Å². The predicted molar refractivity (Wildman–Crippen MR) is 307 cm³/mol. The Bertz CT molecular complexity index is 3670. The molecule has 0 amide bonds. The molecule has 0 saturated heterocycles. The summed E-state index contributed by atoms with van der Waals surface area (Å²) in [7, 11) is 0. The molecule has 0 heterocycles. The van der Waals surface area contributed by atoms with Crippen molar-refractivity contribution in [3.63, 3.8) is 0 Å². The molecule has 0 fully saturated rings. The third-order valence-electron chi connectivity index (χ3n) is 15.7. The summed E-state index contributed by atoms with van der Waals surface area (Å²) in [5.41, 5.74) is 29.0. The van der Waals surface area contributed by atoms with Gasteiger partial charge >= 0.3 is 0 Å². The third-order valence-corrected chi connectivity index (χ3v) is 15.7. The molecule has 13 rings (SSSR count). The van der Waals surface area contributed by atoms with Gasteiger partial charge in [0.2, 0.25) is 0 Å². The molecule has 73 heavy (non-hydrogen) atoms. The highest BCUT2D eigenvalue weighted by atomic mass is 15.2. The zero-order valence-corrected chi connectivity index (χ0v) is 41.6. The monoisotopic (exact) mass is 934 g/mol. The number of benzene rings is 11. The molecule has 0 aromatic heterocycles. The molecule has 2 nitrogen and oxygen atoms in total. The van der Waals surface area contributed by atoms with Crippen LogP contribution < -0.4 is 9.80 Å². The lowest BCUT2D eigenvalue weighted by Gasteiger charge is -2.33. The van der Waals surface area contributed by atoms with Gasteiger partial charge in [0.25, 0.3) is 0 Å². The summed E-state index contributed by atoms with van der Waals surface area (Å²) in [5.74, 6) is 0. The fraction of sp³-hybridized carbons (Fsp3) is 0.0704. The van der Waals surface area contributed by atoms with Gasteiger partial charge in [-0.3, -0.25) is 0 Å². The van der Waals surface area contributed by atoms with Crippen LogP contribution in [0.15, 0.2) is 255 Å². The van der Waals surface area contributed by atoms with Crippen molar-refractivity contribution >= 4 is 34.1 Å². The van der Waals surface area contributed by atoms with E-state index in [0.29, 0.717) is 0 Å². The Morgan fingerprint density at radius 1 is 0.260 bits per heavy atom. The first-order valence-corrected chi connectivity index (χ1v) is 25.5. The second kappa shape index (κ2) is 17.7. The maximum absolute atomic E-state index is 2.51. The van der Waals surface area contributed by atoms with Gasteiger partial charge in [0.1, 0.15) is 0 Å². The van der Waals surface area contributed by atoms with E-state index in [1.807, 2.05) is 0 Å². The maximum Gasteiger partial charge on any atom is 0.0728 e. The number of nitrogens with zero attached hydrogens (tertiary/aromatic N) is 2. The van der Waals surface area contributed by atoms with Gasteiger partial charge < -0.3 is 9.80 Å². The Kier molecular flexibility index (Phi) is 10.7. The summed E-state index contributed by atoms with van der Waals surface area (Å²) in [4.78, 5) is 4.86. The van der Waals surface area contributed by atoms with Crippen LogP contribution in [-0.2, 0) is 5.41 Å². The summed E-state index contributed by atoms with van der Waals surface area (Å²) in [6.07, 6.45) is 0. The number of rotatable bonds is 9. The molecular formula is C71H54N2. The molecule has 0 saturated carbocycles. The minimum Gasteiger partial charge on any atom is -0.310 e. The highest BCUT2D eigenvalue weighted by Gasteiger charge is 2.53. The van der Waals surface area contributed by atoms with Crippen molar-refractivity contribution in [1.29, 1.82) is 0 Å². The quantitative estimate of drug-likeness (QED) is 0.142. The molecule has 2 heteroatoms. The van der Waals surface area contributed by atoms with Gasteiger partial charge in [-0.25, -0.2) is 0 Å². The summed E-state index contributed by atoms with van der Waals surface area (Å²) in [6, 6.07) is 94.2. The largest absolute Gasteiger partial charge is 0.310 e. The molecule has 0 radical (unpaired) electrons. The number of aryl methyl sites for hydroxylation is 3. The minimum absolute atomic E-state index is 0.491. The molecule has 11 aromatic rings. The zero-order chi connectivity index (χ0) is 49.2. The first-order valence-electron chi connectivity index (χ1n) is 25.5. The van der Waals surface area contributed by atoms with Crippen molar-refractivity contribution in [2.75, 3.05) is 9.80 Å². The second-order valence-electron chi connectivity index (χ2n) is 19.8. The lowest BCUT2D eigenvalue weighted by atomic mass is 9.68. The van der Waals surface area contributed by atoms with Crippen LogP contribution in [0.4, 0.5) is 34.1 Å². The molecule has 0 atom stereocenters. The summed E-state index contributed by atoms with van der Waals surface area (Å²) in [5, 5.41) is 0. The topological polar surface area (TPSA) is 6.48 Å². The Morgan fingerprint density at radius 2 is 0.644 bits per heavy atom. The molecule has 0 N–H and O–H groups in total. The van der Waals surface area contributed by atoms with Crippen LogP contribution in [-0.4, -0.2) is 0 Å². The van der Waals surface area contributed by atoms with E-state index in [4.69, 9.17) is 0 Å². The van der Waals surface area contributed by atoms with Gasteiger partial charge in [0.15, 0.2) is 0 Å². The Labute approximate surface area is 429 Å². The first-order chi connectivity index (χ1) is 35.9. The van der Waals surface area contributed by atoms with Gasteiger partial charge in [-0.1, -0.05) is 188 Å². The number of hydrogen-bond acceptors (Lipinski definition) is 2. The van der Waals surface area contributed by atoms with E-state index < -0.39 is 5.41 Å². The number of hydrogen-bond donors (Lipinski definition) is 0.